The summed E-state index contributed by atoms with van der Waals surface area (Å²) in [5.74, 6) is -0.412. The van der Waals surface area contributed by atoms with Crippen molar-refractivity contribution in [2.24, 2.45) is 5.73 Å². The predicted octanol–water partition coefficient (Wildman–Crippen LogP) is 1.54. The second-order valence-corrected chi connectivity index (χ2v) is 3.68. The average Bonchev–Trinajstić information content (AvgIpc) is 2.26. The van der Waals surface area contributed by atoms with Gasteiger partial charge in [-0.25, -0.2) is 9.97 Å². The number of halogens is 3. The molecule has 0 saturated heterocycles. The molecule has 0 aromatic carbocycles. The normalized spacial score (nSPS) is 11.3. The van der Waals surface area contributed by atoms with Crippen LogP contribution in [0.25, 0.3) is 0 Å². The number of hydrogen-bond acceptors (Lipinski definition) is 4. The van der Waals surface area contributed by atoms with E-state index in [4.69, 9.17) is 11.1 Å². The highest BCUT2D eigenvalue weighted by Gasteiger charge is 2.32. The van der Waals surface area contributed by atoms with Gasteiger partial charge in [-0.15, -0.1) is 0 Å². The Morgan fingerprint density at radius 3 is 2.50 bits per heavy atom. The van der Waals surface area contributed by atoms with E-state index in [1.54, 1.807) is 6.92 Å². The minimum atomic E-state index is -4.35. The van der Waals surface area contributed by atoms with Crippen molar-refractivity contribution >= 4 is 11.7 Å². The summed E-state index contributed by atoms with van der Waals surface area (Å²) in [7, 11) is 0. The van der Waals surface area contributed by atoms with Gasteiger partial charge in [-0.1, -0.05) is 6.92 Å². The molecule has 0 amide bonds. The molecule has 0 aliphatic rings. The van der Waals surface area contributed by atoms with Gasteiger partial charge in [0.05, 0.1) is 0 Å². The lowest BCUT2D eigenvalue weighted by molar-refractivity contribution is -0.119. The summed E-state index contributed by atoms with van der Waals surface area (Å²) in [6.45, 7) is 0.783. The van der Waals surface area contributed by atoms with Crippen molar-refractivity contribution in [2.45, 2.75) is 19.5 Å². The maximum atomic E-state index is 12.5. The minimum Gasteiger partial charge on any atom is -0.382 e. The van der Waals surface area contributed by atoms with Crippen molar-refractivity contribution < 1.29 is 13.2 Å². The molecule has 5 nitrogen and oxygen atoms in total. The van der Waals surface area contributed by atoms with Gasteiger partial charge in [0.25, 0.3) is 0 Å². The molecule has 0 saturated carbocycles. The van der Waals surface area contributed by atoms with E-state index >= 15 is 0 Å². The Hall–Kier alpha value is -1.86. The Bertz CT molecular complexity index is 418. The molecule has 0 aliphatic heterocycles. The van der Waals surface area contributed by atoms with Gasteiger partial charge in [-0.2, -0.15) is 13.2 Å². The summed E-state index contributed by atoms with van der Waals surface area (Å²) in [5.41, 5.74) is 5.25. The number of nitrogens with two attached hydrogens (primary N) is 1. The fourth-order valence-corrected chi connectivity index (χ4v) is 1.50. The maximum Gasteiger partial charge on any atom is 0.405 e. The zero-order valence-corrected chi connectivity index (χ0v) is 9.83. The van der Waals surface area contributed by atoms with E-state index in [-0.39, 0.29) is 18.1 Å². The van der Waals surface area contributed by atoms with Crippen LogP contribution in [0.2, 0.25) is 0 Å². The molecule has 0 radical (unpaired) electrons. The van der Waals surface area contributed by atoms with E-state index in [0.29, 0.717) is 6.42 Å². The van der Waals surface area contributed by atoms with Crippen LogP contribution < -0.4 is 10.6 Å². The maximum absolute atomic E-state index is 12.5. The predicted molar refractivity (Wildman–Crippen MR) is 61.6 cm³/mol. The van der Waals surface area contributed by atoms with Crippen molar-refractivity contribution in [3.05, 3.63) is 18.1 Å². The van der Waals surface area contributed by atoms with Gasteiger partial charge in [0.2, 0.25) is 0 Å². The van der Waals surface area contributed by atoms with Crippen molar-refractivity contribution in [2.75, 3.05) is 18.0 Å². The third kappa shape index (κ3) is 3.86. The van der Waals surface area contributed by atoms with Crippen LogP contribution in [0.1, 0.15) is 19.0 Å². The van der Waals surface area contributed by atoms with Crippen molar-refractivity contribution in [3.63, 3.8) is 0 Å². The van der Waals surface area contributed by atoms with E-state index in [0.717, 1.165) is 4.90 Å². The molecular formula is C10H14F3N5. The fourth-order valence-electron chi connectivity index (χ4n) is 1.50. The molecule has 8 heteroatoms. The topological polar surface area (TPSA) is 78.9 Å². The summed E-state index contributed by atoms with van der Waals surface area (Å²) in [4.78, 5) is 8.67. The van der Waals surface area contributed by atoms with Gasteiger partial charge >= 0.3 is 6.18 Å². The lowest BCUT2D eigenvalue weighted by Crippen LogP contribution is -2.37. The number of nitrogens with one attached hydrogen (secondary N) is 1. The second kappa shape index (κ2) is 5.65. The smallest absolute Gasteiger partial charge is 0.382 e. The van der Waals surface area contributed by atoms with Gasteiger partial charge in [-0.05, 0) is 6.42 Å². The number of nitrogen functional groups attached to an aromatic ring is 1. The van der Waals surface area contributed by atoms with Gasteiger partial charge in [0.15, 0.2) is 5.82 Å². The number of alkyl halides is 3. The molecule has 3 N–H and O–H groups in total. The molecule has 1 aromatic rings. The van der Waals surface area contributed by atoms with E-state index in [1.165, 1.54) is 12.4 Å². The Balaban J connectivity index is 3.09. The first-order chi connectivity index (χ1) is 8.35. The molecule has 1 rings (SSSR count). The third-order valence-corrected chi connectivity index (χ3v) is 2.10. The quantitative estimate of drug-likeness (QED) is 0.622. The van der Waals surface area contributed by atoms with E-state index < -0.39 is 18.6 Å². The van der Waals surface area contributed by atoms with Crippen molar-refractivity contribution in [3.8, 4) is 0 Å². The van der Waals surface area contributed by atoms with E-state index in [9.17, 15) is 13.2 Å². The SMILES string of the molecule is CCCN(CC(F)(F)F)c1nccnc1C(=N)N. The van der Waals surface area contributed by atoms with Crippen molar-refractivity contribution in [1.29, 1.82) is 5.41 Å². The standard InChI is InChI=1S/C10H14F3N5/c1-2-5-18(6-10(11,12)13)9-7(8(14)15)16-3-4-17-9/h3-4H,2,5-6H2,1H3,(H3,14,15). The zero-order chi connectivity index (χ0) is 13.8. The summed E-state index contributed by atoms with van der Waals surface area (Å²) >= 11 is 0. The van der Waals surface area contributed by atoms with Crippen LogP contribution in [0, 0.1) is 5.41 Å². The Morgan fingerprint density at radius 1 is 1.39 bits per heavy atom. The summed E-state index contributed by atoms with van der Waals surface area (Å²) in [5, 5.41) is 7.30. The van der Waals surface area contributed by atoms with Crippen LogP contribution in [0.5, 0.6) is 0 Å². The fraction of sp³-hybridized carbons (Fsp3) is 0.500. The van der Waals surface area contributed by atoms with Crippen LogP contribution in [-0.4, -0.2) is 35.1 Å². The Kier molecular flexibility index (Phi) is 4.46. The highest BCUT2D eigenvalue weighted by Crippen LogP contribution is 2.22. The van der Waals surface area contributed by atoms with Crippen LogP contribution in [0.3, 0.4) is 0 Å². The summed E-state index contributed by atoms with van der Waals surface area (Å²) in [6, 6.07) is 0. The number of nitrogens with zero attached hydrogens (tertiary/aromatic N) is 3. The minimum absolute atomic E-state index is 0.0100. The second-order valence-electron chi connectivity index (χ2n) is 3.68. The number of anilines is 1. The molecule has 0 bridgehead atoms. The van der Waals surface area contributed by atoms with Crippen LogP contribution in [-0.2, 0) is 0 Å². The van der Waals surface area contributed by atoms with Crippen LogP contribution in [0.15, 0.2) is 12.4 Å². The number of amidine groups is 1. The van der Waals surface area contributed by atoms with E-state index in [1.807, 2.05) is 0 Å². The van der Waals surface area contributed by atoms with Crippen molar-refractivity contribution in [1.82, 2.24) is 9.97 Å². The Labute approximate surface area is 102 Å². The van der Waals surface area contributed by atoms with Gasteiger partial charge in [0.1, 0.15) is 18.1 Å². The first-order valence-electron chi connectivity index (χ1n) is 5.32. The van der Waals surface area contributed by atoms with Gasteiger partial charge in [0, 0.05) is 18.9 Å². The number of hydrogen-bond donors (Lipinski definition) is 2. The lowest BCUT2D eigenvalue weighted by Gasteiger charge is -2.25. The molecular weight excluding hydrogens is 247 g/mol. The van der Waals surface area contributed by atoms with Gasteiger partial charge < -0.3 is 10.6 Å². The van der Waals surface area contributed by atoms with E-state index in [2.05, 4.69) is 9.97 Å². The molecule has 0 fully saturated rings. The first kappa shape index (κ1) is 14.2. The zero-order valence-electron chi connectivity index (χ0n) is 9.83. The monoisotopic (exact) mass is 261 g/mol. The highest BCUT2D eigenvalue weighted by atomic mass is 19.4. The molecule has 0 aliphatic carbocycles. The Morgan fingerprint density at radius 2 is 2.00 bits per heavy atom. The van der Waals surface area contributed by atoms with Gasteiger partial charge in [-0.3, -0.25) is 5.41 Å². The molecule has 100 valence electrons. The number of rotatable bonds is 5. The molecule has 1 heterocycles. The van der Waals surface area contributed by atoms with Crippen LogP contribution >= 0.6 is 0 Å². The largest absolute Gasteiger partial charge is 0.405 e. The lowest BCUT2D eigenvalue weighted by atomic mass is 10.3. The number of aromatic nitrogens is 2. The molecule has 1 aromatic heterocycles. The van der Waals surface area contributed by atoms with Crippen LogP contribution in [0.4, 0.5) is 19.0 Å². The molecule has 0 unspecified atom stereocenters. The molecule has 18 heavy (non-hydrogen) atoms. The molecule has 0 spiro atoms. The first-order valence-corrected chi connectivity index (χ1v) is 5.32. The average molecular weight is 261 g/mol. The summed E-state index contributed by atoms with van der Waals surface area (Å²) < 4.78 is 37.4. The highest BCUT2D eigenvalue weighted by molar-refractivity contribution is 5.97. The third-order valence-electron chi connectivity index (χ3n) is 2.10. The summed E-state index contributed by atoms with van der Waals surface area (Å²) in [6.07, 6.45) is -1.26. The molecule has 0 atom stereocenters.